The number of carbonyl (C=O) groups is 1. The van der Waals surface area contributed by atoms with Gasteiger partial charge in [-0.05, 0) is 24.6 Å². The van der Waals surface area contributed by atoms with Crippen molar-refractivity contribution in [3.8, 4) is 11.6 Å². The molecule has 26 heavy (non-hydrogen) atoms. The lowest BCUT2D eigenvalue weighted by Gasteiger charge is -2.16. The average molecular weight is 350 g/mol. The molecule has 7 nitrogen and oxygen atoms in total. The zero-order valence-electron chi connectivity index (χ0n) is 13.7. The highest BCUT2D eigenvalue weighted by atomic mass is 16.5. The van der Waals surface area contributed by atoms with Gasteiger partial charge in [0, 0.05) is 5.56 Å². The van der Waals surface area contributed by atoms with E-state index < -0.39 is 29.2 Å². The molecular weight excluding hydrogens is 336 g/mol. The molecule has 0 unspecified atom stereocenters. The van der Waals surface area contributed by atoms with Gasteiger partial charge in [0.25, 0.3) is 5.56 Å². The summed E-state index contributed by atoms with van der Waals surface area (Å²) in [6.07, 6.45) is -1.08. The van der Waals surface area contributed by atoms with Gasteiger partial charge in [0.15, 0.2) is 6.10 Å². The van der Waals surface area contributed by atoms with Crippen LogP contribution in [-0.2, 0) is 4.74 Å². The molecule has 2 aromatic carbocycles. The summed E-state index contributed by atoms with van der Waals surface area (Å²) in [6.45, 7) is 1.77. The summed E-state index contributed by atoms with van der Waals surface area (Å²) in [4.78, 5) is 39.0. The van der Waals surface area contributed by atoms with Gasteiger partial charge in [-0.15, -0.1) is 0 Å². The van der Waals surface area contributed by atoms with Gasteiger partial charge in [-0.1, -0.05) is 36.4 Å². The number of nitrogens with one attached hydrogen (secondary N) is 1. The van der Waals surface area contributed by atoms with Gasteiger partial charge in [-0.25, -0.2) is 14.2 Å². The monoisotopic (exact) mass is 350 g/mol. The summed E-state index contributed by atoms with van der Waals surface area (Å²) in [5, 5.41) is 10.8. The maximum Gasteiger partial charge on any atom is 0.339 e. The van der Waals surface area contributed by atoms with Crippen LogP contribution in [0, 0.1) is 6.92 Å². The van der Waals surface area contributed by atoms with E-state index in [1.165, 1.54) is 0 Å². The molecule has 130 valence electrons. The van der Waals surface area contributed by atoms with Crippen LogP contribution in [0.25, 0.3) is 5.69 Å². The molecule has 0 radical (unpaired) electrons. The summed E-state index contributed by atoms with van der Waals surface area (Å²) in [5.41, 5.74) is 0.177. The first kappa shape index (κ1) is 15.9. The fourth-order valence-corrected chi connectivity index (χ4v) is 3.17. The number of hydrogen-bond acceptors (Lipinski definition) is 5. The number of fused-ring (bicyclic) bond motifs is 1. The van der Waals surface area contributed by atoms with Crippen LogP contribution in [-0.4, -0.2) is 20.6 Å². The van der Waals surface area contributed by atoms with Gasteiger partial charge in [0.2, 0.25) is 5.88 Å². The van der Waals surface area contributed by atoms with Crippen molar-refractivity contribution in [1.29, 1.82) is 0 Å². The van der Waals surface area contributed by atoms with E-state index in [0.29, 0.717) is 16.8 Å². The highest BCUT2D eigenvalue weighted by Crippen LogP contribution is 2.37. The van der Waals surface area contributed by atoms with Gasteiger partial charge in [-0.3, -0.25) is 9.78 Å². The van der Waals surface area contributed by atoms with Crippen LogP contribution in [0.4, 0.5) is 0 Å². The fraction of sp³-hybridized carbons (Fsp3) is 0.105. The number of nitrogens with zero attached hydrogens (tertiary/aromatic N) is 1. The zero-order chi connectivity index (χ0) is 18.4. The summed E-state index contributed by atoms with van der Waals surface area (Å²) in [5.74, 6) is -1.14. The van der Waals surface area contributed by atoms with Crippen molar-refractivity contribution in [1.82, 2.24) is 9.55 Å². The second kappa shape index (κ2) is 5.73. The van der Waals surface area contributed by atoms with E-state index in [9.17, 15) is 19.5 Å². The van der Waals surface area contributed by atoms with Gasteiger partial charge in [0.1, 0.15) is 5.56 Å². The smallest absolute Gasteiger partial charge is 0.339 e. The molecule has 3 aromatic rings. The molecule has 0 spiro atoms. The number of aromatic hydroxyl groups is 1. The number of esters is 1. The summed E-state index contributed by atoms with van der Waals surface area (Å²) in [6, 6.07) is 13.5. The molecule has 2 N–H and O–H groups in total. The number of aryl methyl sites for hydroxylation is 1. The molecule has 1 aliphatic rings. The lowest BCUT2D eigenvalue weighted by Crippen LogP contribution is -2.33. The third kappa shape index (κ3) is 2.25. The average Bonchev–Trinajstić information content (AvgIpc) is 2.93. The Bertz CT molecular complexity index is 1160. The van der Waals surface area contributed by atoms with E-state index in [2.05, 4.69) is 4.98 Å². The molecule has 0 saturated heterocycles. The van der Waals surface area contributed by atoms with Crippen LogP contribution in [0.2, 0.25) is 0 Å². The normalized spacial score (nSPS) is 15.6. The first-order chi connectivity index (χ1) is 12.5. The van der Waals surface area contributed by atoms with Crippen molar-refractivity contribution < 1.29 is 14.6 Å². The van der Waals surface area contributed by atoms with Gasteiger partial charge < -0.3 is 9.84 Å². The van der Waals surface area contributed by atoms with Crippen molar-refractivity contribution in [3.05, 3.63) is 91.6 Å². The van der Waals surface area contributed by atoms with Gasteiger partial charge >= 0.3 is 11.7 Å². The molecule has 0 saturated carbocycles. The van der Waals surface area contributed by atoms with Crippen molar-refractivity contribution in [3.63, 3.8) is 0 Å². The minimum atomic E-state index is -1.08. The van der Waals surface area contributed by atoms with E-state index in [4.69, 9.17) is 4.74 Å². The molecule has 0 amide bonds. The fourth-order valence-electron chi connectivity index (χ4n) is 3.17. The third-order valence-corrected chi connectivity index (χ3v) is 4.43. The first-order valence-corrected chi connectivity index (χ1v) is 7.93. The Labute approximate surface area is 147 Å². The van der Waals surface area contributed by atoms with Gasteiger partial charge in [-0.2, -0.15) is 0 Å². The van der Waals surface area contributed by atoms with Crippen LogP contribution in [0.5, 0.6) is 5.88 Å². The lowest BCUT2D eigenvalue weighted by molar-refractivity contribution is 0.0449. The molecule has 0 fully saturated rings. The lowest BCUT2D eigenvalue weighted by atomic mass is 10.0. The van der Waals surface area contributed by atoms with E-state index in [1.807, 2.05) is 0 Å². The number of carbonyl (C=O) groups excluding carboxylic acids is 1. The van der Waals surface area contributed by atoms with E-state index in [0.717, 1.165) is 10.1 Å². The largest absolute Gasteiger partial charge is 0.494 e. The highest BCUT2D eigenvalue weighted by Gasteiger charge is 2.36. The number of H-pyrrole nitrogens is 1. The van der Waals surface area contributed by atoms with E-state index in [-0.39, 0.29) is 5.56 Å². The number of rotatable bonds is 2. The Morgan fingerprint density at radius 1 is 1.04 bits per heavy atom. The number of ether oxygens (including phenoxy) is 1. The predicted octanol–water partition coefficient (Wildman–Crippen LogP) is 1.80. The first-order valence-electron chi connectivity index (χ1n) is 7.93. The maximum atomic E-state index is 12.4. The Kier molecular flexibility index (Phi) is 3.50. The molecule has 0 aliphatic carbocycles. The molecule has 2 heterocycles. The Morgan fingerprint density at radius 2 is 1.73 bits per heavy atom. The Hall–Kier alpha value is -3.61. The summed E-state index contributed by atoms with van der Waals surface area (Å²) in [7, 11) is 0. The van der Waals surface area contributed by atoms with Crippen LogP contribution in [0.1, 0.15) is 33.2 Å². The van der Waals surface area contributed by atoms with Crippen LogP contribution in [0.15, 0.2) is 58.1 Å². The van der Waals surface area contributed by atoms with Crippen molar-refractivity contribution >= 4 is 5.97 Å². The number of benzene rings is 2. The molecule has 1 atom stereocenters. The molecule has 0 bridgehead atoms. The topological polar surface area (TPSA) is 101 Å². The van der Waals surface area contributed by atoms with Gasteiger partial charge in [0.05, 0.1) is 11.3 Å². The minimum Gasteiger partial charge on any atom is -0.494 e. The maximum absolute atomic E-state index is 12.4. The van der Waals surface area contributed by atoms with E-state index >= 15 is 0 Å². The zero-order valence-corrected chi connectivity index (χ0v) is 13.7. The SMILES string of the molecule is Cc1ccccc1-n1c(O)c([C@H]2OC(=O)c3ccccc32)c(=O)[nH]c1=O. The molecule has 4 rings (SSSR count). The molecular formula is C19H14N2O5. The van der Waals surface area contributed by atoms with Crippen LogP contribution >= 0.6 is 0 Å². The number of para-hydroxylation sites is 1. The van der Waals surface area contributed by atoms with E-state index in [1.54, 1.807) is 55.5 Å². The standard InChI is InChI=1S/C19H14N2O5/c1-10-6-2-5-9-13(10)21-17(23)14(16(22)20-19(21)25)15-11-7-3-4-8-12(11)18(24)26-15/h2-9,15,23H,1H3,(H,20,22,25)/t15-/m0/s1. The molecule has 7 heteroatoms. The summed E-state index contributed by atoms with van der Waals surface area (Å²) < 4.78 is 6.31. The highest BCUT2D eigenvalue weighted by molar-refractivity contribution is 5.94. The van der Waals surface area contributed by atoms with Crippen molar-refractivity contribution in [2.45, 2.75) is 13.0 Å². The van der Waals surface area contributed by atoms with Crippen molar-refractivity contribution in [2.75, 3.05) is 0 Å². The predicted molar refractivity (Wildman–Crippen MR) is 92.8 cm³/mol. The minimum absolute atomic E-state index is 0.189. The second-order valence-electron chi connectivity index (χ2n) is 5.99. The Balaban J connectivity index is 1.99. The number of hydrogen-bond donors (Lipinski definition) is 2. The van der Waals surface area contributed by atoms with Crippen molar-refractivity contribution in [2.24, 2.45) is 0 Å². The molecule has 1 aromatic heterocycles. The Morgan fingerprint density at radius 3 is 2.50 bits per heavy atom. The second-order valence-corrected chi connectivity index (χ2v) is 5.99. The third-order valence-electron chi connectivity index (χ3n) is 4.43. The molecule has 1 aliphatic heterocycles. The number of cyclic esters (lactones) is 1. The van der Waals surface area contributed by atoms with Crippen LogP contribution in [0.3, 0.4) is 0 Å². The number of aromatic amines is 1. The number of aromatic nitrogens is 2. The summed E-state index contributed by atoms with van der Waals surface area (Å²) >= 11 is 0. The van der Waals surface area contributed by atoms with Crippen LogP contribution < -0.4 is 11.2 Å². The quantitative estimate of drug-likeness (QED) is 0.686.